The van der Waals surface area contributed by atoms with Crippen LogP contribution in [0.15, 0.2) is 17.5 Å². The molecule has 24 heavy (non-hydrogen) atoms. The minimum absolute atomic E-state index is 0.0683. The maximum absolute atomic E-state index is 12.3. The molecule has 3 heterocycles. The maximum Gasteiger partial charge on any atom is 0.334 e. The van der Waals surface area contributed by atoms with Crippen molar-refractivity contribution in [3.63, 3.8) is 0 Å². The molecule has 0 aromatic carbocycles. The zero-order valence-corrected chi connectivity index (χ0v) is 13.4. The van der Waals surface area contributed by atoms with Crippen molar-refractivity contribution in [2.24, 2.45) is 0 Å². The molecule has 1 aromatic heterocycles. The summed E-state index contributed by atoms with van der Waals surface area (Å²) < 4.78 is 0. The third kappa shape index (κ3) is 2.87. The molecule has 0 spiro atoms. The van der Waals surface area contributed by atoms with Crippen LogP contribution in [0.2, 0.25) is 0 Å². The van der Waals surface area contributed by atoms with Gasteiger partial charge in [-0.25, -0.2) is 14.5 Å². The number of amides is 7. The number of hydrogen-bond donors (Lipinski definition) is 1. The largest absolute Gasteiger partial charge is 0.336 e. The molecule has 2 saturated heterocycles. The summed E-state index contributed by atoms with van der Waals surface area (Å²) in [6, 6.07) is 2.32. The van der Waals surface area contributed by atoms with Gasteiger partial charge in [-0.1, -0.05) is 6.07 Å². The van der Waals surface area contributed by atoms with E-state index in [1.54, 1.807) is 0 Å². The highest BCUT2D eigenvalue weighted by atomic mass is 32.1. The molecule has 9 nitrogen and oxygen atoms in total. The Hall–Kier alpha value is -2.75. The zero-order chi connectivity index (χ0) is 17.3. The molecule has 1 N–H and O–H groups in total. The Morgan fingerprint density at radius 1 is 1.17 bits per heavy atom. The van der Waals surface area contributed by atoms with Gasteiger partial charge in [0.2, 0.25) is 0 Å². The van der Waals surface area contributed by atoms with Crippen LogP contribution in [-0.4, -0.2) is 70.7 Å². The summed E-state index contributed by atoms with van der Waals surface area (Å²) in [4.78, 5) is 63.0. The third-order valence-corrected chi connectivity index (χ3v) is 4.68. The first kappa shape index (κ1) is 16.1. The molecule has 126 valence electrons. The molecule has 0 radical (unpaired) electrons. The van der Waals surface area contributed by atoms with Gasteiger partial charge in [0.15, 0.2) is 0 Å². The highest BCUT2D eigenvalue weighted by molar-refractivity contribution is 7.09. The maximum atomic E-state index is 12.3. The molecule has 3 rings (SSSR count). The van der Waals surface area contributed by atoms with Crippen LogP contribution >= 0.6 is 11.3 Å². The van der Waals surface area contributed by atoms with Crippen molar-refractivity contribution >= 4 is 41.1 Å². The van der Waals surface area contributed by atoms with Crippen molar-refractivity contribution in [2.75, 3.05) is 26.2 Å². The van der Waals surface area contributed by atoms with Crippen molar-refractivity contribution in [3.05, 3.63) is 22.4 Å². The smallest absolute Gasteiger partial charge is 0.334 e. The van der Waals surface area contributed by atoms with E-state index in [9.17, 15) is 24.0 Å². The lowest BCUT2D eigenvalue weighted by Crippen LogP contribution is -2.44. The van der Waals surface area contributed by atoms with Crippen molar-refractivity contribution < 1.29 is 24.0 Å². The van der Waals surface area contributed by atoms with Crippen LogP contribution in [0.4, 0.5) is 9.59 Å². The van der Waals surface area contributed by atoms with E-state index in [0.29, 0.717) is 17.9 Å². The minimum Gasteiger partial charge on any atom is -0.336 e. The standard InChI is InChI=1S/C14H14N4O5S/c19-10(16-6-4-15-13(16)22)8-18-12(21)11(20)17(14(18)23)5-3-9-2-1-7-24-9/h1-2,7H,3-6,8H2,(H,15,22). The highest BCUT2D eigenvalue weighted by Gasteiger charge is 2.45. The number of nitrogens with zero attached hydrogens (tertiary/aromatic N) is 3. The van der Waals surface area contributed by atoms with Gasteiger partial charge in [0.05, 0.1) is 0 Å². The Balaban J connectivity index is 1.65. The summed E-state index contributed by atoms with van der Waals surface area (Å²) in [6.07, 6.45) is 0.443. The molecule has 0 saturated carbocycles. The fraction of sp³-hybridized carbons (Fsp3) is 0.357. The van der Waals surface area contributed by atoms with Gasteiger partial charge >= 0.3 is 23.9 Å². The number of thiophene rings is 1. The van der Waals surface area contributed by atoms with Crippen molar-refractivity contribution in [3.8, 4) is 0 Å². The normalized spacial score (nSPS) is 17.9. The number of imide groups is 3. The molecule has 0 aliphatic carbocycles. The van der Waals surface area contributed by atoms with E-state index >= 15 is 0 Å². The first-order valence-corrected chi connectivity index (χ1v) is 8.15. The SMILES string of the molecule is O=C(CN1C(=O)C(=O)N(CCc2cccs2)C1=O)N1CCNC1=O. The molecule has 7 amide bonds. The number of urea groups is 2. The van der Waals surface area contributed by atoms with Gasteiger partial charge in [0.25, 0.3) is 5.91 Å². The van der Waals surface area contributed by atoms with Gasteiger partial charge < -0.3 is 5.32 Å². The summed E-state index contributed by atoms with van der Waals surface area (Å²) in [5.41, 5.74) is 0. The van der Waals surface area contributed by atoms with Crippen LogP contribution in [0.3, 0.4) is 0 Å². The molecule has 0 atom stereocenters. The molecular weight excluding hydrogens is 336 g/mol. The van der Waals surface area contributed by atoms with Crippen molar-refractivity contribution in [1.82, 2.24) is 20.0 Å². The van der Waals surface area contributed by atoms with Gasteiger partial charge in [-0.15, -0.1) is 11.3 Å². The van der Waals surface area contributed by atoms with Gasteiger partial charge in [-0.3, -0.25) is 24.2 Å². The van der Waals surface area contributed by atoms with Crippen molar-refractivity contribution in [1.29, 1.82) is 0 Å². The van der Waals surface area contributed by atoms with Gasteiger partial charge in [-0.2, -0.15) is 0 Å². The number of rotatable bonds is 5. The quantitative estimate of drug-likeness (QED) is 0.576. The molecular formula is C14H14N4O5S. The first-order chi connectivity index (χ1) is 11.5. The van der Waals surface area contributed by atoms with Crippen LogP contribution in [0, 0.1) is 0 Å². The van der Waals surface area contributed by atoms with Crippen LogP contribution < -0.4 is 5.32 Å². The first-order valence-electron chi connectivity index (χ1n) is 7.27. The average Bonchev–Trinajstić information content (AvgIpc) is 3.26. The van der Waals surface area contributed by atoms with E-state index in [1.807, 2.05) is 17.5 Å². The highest BCUT2D eigenvalue weighted by Crippen LogP contribution is 2.16. The number of nitrogens with one attached hydrogen (secondary N) is 1. The van der Waals surface area contributed by atoms with E-state index < -0.39 is 36.3 Å². The average molecular weight is 350 g/mol. The molecule has 2 aliphatic rings. The Morgan fingerprint density at radius 3 is 2.54 bits per heavy atom. The second kappa shape index (κ2) is 6.40. The van der Waals surface area contributed by atoms with E-state index in [4.69, 9.17) is 0 Å². The molecule has 1 aromatic rings. The summed E-state index contributed by atoms with van der Waals surface area (Å²) in [5, 5.41) is 4.33. The Labute approximate surface area is 140 Å². The monoisotopic (exact) mass is 350 g/mol. The fourth-order valence-corrected chi connectivity index (χ4v) is 3.19. The van der Waals surface area contributed by atoms with Crippen LogP contribution in [0.5, 0.6) is 0 Å². The van der Waals surface area contributed by atoms with Crippen LogP contribution in [-0.2, 0) is 20.8 Å². The van der Waals surface area contributed by atoms with Gasteiger partial charge in [0.1, 0.15) is 6.54 Å². The van der Waals surface area contributed by atoms with E-state index in [1.165, 1.54) is 11.3 Å². The molecule has 0 bridgehead atoms. The lowest BCUT2D eigenvalue weighted by Gasteiger charge is -2.17. The van der Waals surface area contributed by atoms with Crippen molar-refractivity contribution in [2.45, 2.75) is 6.42 Å². The number of hydrogen-bond acceptors (Lipinski definition) is 6. The summed E-state index contributed by atoms with van der Waals surface area (Å²) in [6.45, 7) is -0.0621. The lowest BCUT2D eigenvalue weighted by atomic mass is 10.3. The summed E-state index contributed by atoms with van der Waals surface area (Å²) >= 11 is 1.49. The number of carbonyl (C=O) groups is 5. The van der Waals surface area contributed by atoms with E-state index in [2.05, 4.69) is 5.32 Å². The minimum atomic E-state index is -1.04. The third-order valence-electron chi connectivity index (χ3n) is 3.75. The second-order valence-corrected chi connectivity index (χ2v) is 6.27. The Morgan fingerprint density at radius 2 is 1.92 bits per heavy atom. The summed E-state index contributed by atoms with van der Waals surface area (Å²) in [5.74, 6) is -2.69. The molecule has 10 heteroatoms. The lowest BCUT2D eigenvalue weighted by molar-refractivity contribution is -0.144. The Kier molecular flexibility index (Phi) is 4.30. The topological polar surface area (TPSA) is 107 Å². The second-order valence-electron chi connectivity index (χ2n) is 5.24. The van der Waals surface area contributed by atoms with Crippen LogP contribution in [0.25, 0.3) is 0 Å². The zero-order valence-electron chi connectivity index (χ0n) is 12.6. The van der Waals surface area contributed by atoms with Gasteiger partial charge in [-0.05, 0) is 11.4 Å². The Bertz CT molecular complexity index is 717. The molecule has 2 aliphatic heterocycles. The van der Waals surface area contributed by atoms with E-state index in [0.717, 1.165) is 14.7 Å². The van der Waals surface area contributed by atoms with Gasteiger partial charge in [0, 0.05) is 30.9 Å². The van der Waals surface area contributed by atoms with Crippen LogP contribution in [0.1, 0.15) is 4.88 Å². The molecule has 0 unspecified atom stereocenters. The predicted molar refractivity (Wildman–Crippen MR) is 82.0 cm³/mol. The molecule has 2 fully saturated rings. The fourth-order valence-electron chi connectivity index (χ4n) is 2.49. The van der Waals surface area contributed by atoms with E-state index in [-0.39, 0.29) is 13.1 Å². The predicted octanol–water partition coefficient (Wildman–Crippen LogP) is -0.367. The summed E-state index contributed by atoms with van der Waals surface area (Å²) in [7, 11) is 0. The number of carbonyl (C=O) groups excluding carboxylic acids is 5.